The molecule has 10 heteroatoms. The molecule has 0 saturated carbocycles. The van der Waals surface area contributed by atoms with Crippen LogP contribution in [0, 0.1) is 5.82 Å². The maximum Gasteiger partial charge on any atom is 0.341 e. The summed E-state index contributed by atoms with van der Waals surface area (Å²) in [6.07, 6.45) is 2.99. The van der Waals surface area contributed by atoms with Gasteiger partial charge >= 0.3 is 5.97 Å². The van der Waals surface area contributed by atoms with E-state index in [9.17, 15) is 9.18 Å². The van der Waals surface area contributed by atoms with Crippen LogP contribution in [0.5, 0.6) is 5.75 Å². The van der Waals surface area contributed by atoms with Crippen LogP contribution < -0.4 is 15.4 Å². The Balaban J connectivity index is 1.70. The highest BCUT2D eigenvalue weighted by molar-refractivity contribution is 6.30. The summed E-state index contributed by atoms with van der Waals surface area (Å²) in [4.78, 5) is 23.1. The molecule has 1 aromatic carbocycles. The summed E-state index contributed by atoms with van der Waals surface area (Å²) in [7, 11) is 3.79. The van der Waals surface area contributed by atoms with Crippen molar-refractivity contribution in [2.75, 3.05) is 51.0 Å². The van der Waals surface area contributed by atoms with Crippen molar-refractivity contribution in [1.82, 2.24) is 14.9 Å². The van der Waals surface area contributed by atoms with E-state index >= 15 is 0 Å². The first kappa shape index (κ1) is 22.8. The third-order valence-electron chi connectivity index (χ3n) is 4.90. The molecule has 0 unspecified atom stereocenters. The number of nitrogens with one attached hydrogen (secondary N) is 2. The number of ether oxygens (including phenoxy) is 2. The number of anilines is 3. The number of nitrogens with zero attached hydrogens (tertiary/aromatic N) is 3. The topological polar surface area (TPSA) is 88.6 Å². The number of fused-ring (bicyclic) bond motifs is 1. The number of benzene rings is 1. The van der Waals surface area contributed by atoms with Gasteiger partial charge in [0.15, 0.2) is 11.6 Å². The van der Waals surface area contributed by atoms with Gasteiger partial charge in [-0.05, 0) is 44.4 Å². The van der Waals surface area contributed by atoms with E-state index in [1.807, 2.05) is 19.0 Å². The molecule has 33 heavy (non-hydrogen) atoms. The molecule has 0 atom stereocenters. The molecule has 8 nitrogen and oxygen atoms in total. The number of pyridine rings is 2. The SMILES string of the molecule is CN(C)CCOC(=O)c1cnccc1Nc1cc(-c2cc(Cl)ccc2F)nc2c1OCCN2. The molecule has 0 aliphatic carbocycles. The van der Waals surface area contributed by atoms with Crippen LogP contribution in [0.2, 0.25) is 5.02 Å². The van der Waals surface area contributed by atoms with Crippen molar-refractivity contribution in [3.63, 3.8) is 0 Å². The molecule has 3 aromatic rings. The van der Waals surface area contributed by atoms with E-state index in [4.69, 9.17) is 21.1 Å². The molecule has 172 valence electrons. The highest BCUT2D eigenvalue weighted by atomic mass is 35.5. The molecular formula is C23H23ClFN5O3. The summed E-state index contributed by atoms with van der Waals surface area (Å²) in [6, 6.07) is 7.59. The van der Waals surface area contributed by atoms with Gasteiger partial charge < -0.3 is 25.0 Å². The molecule has 3 heterocycles. The van der Waals surface area contributed by atoms with Crippen molar-refractivity contribution in [2.24, 2.45) is 0 Å². The van der Waals surface area contributed by atoms with E-state index < -0.39 is 11.8 Å². The fourth-order valence-corrected chi connectivity index (χ4v) is 3.43. The lowest BCUT2D eigenvalue weighted by Gasteiger charge is -2.23. The summed E-state index contributed by atoms with van der Waals surface area (Å²) in [6.45, 7) is 1.83. The summed E-state index contributed by atoms with van der Waals surface area (Å²) >= 11 is 6.08. The highest BCUT2D eigenvalue weighted by Gasteiger charge is 2.22. The number of halogens is 2. The zero-order chi connectivity index (χ0) is 23.4. The van der Waals surface area contributed by atoms with Crippen LogP contribution >= 0.6 is 11.6 Å². The van der Waals surface area contributed by atoms with Gasteiger partial charge in [-0.25, -0.2) is 14.2 Å². The quantitative estimate of drug-likeness (QED) is 0.496. The van der Waals surface area contributed by atoms with E-state index in [-0.39, 0.29) is 17.7 Å². The van der Waals surface area contributed by atoms with Gasteiger partial charge in [-0.2, -0.15) is 0 Å². The second-order valence-corrected chi connectivity index (χ2v) is 8.05. The third-order valence-corrected chi connectivity index (χ3v) is 5.14. The molecule has 1 aliphatic rings. The Morgan fingerprint density at radius 2 is 2.15 bits per heavy atom. The fraction of sp³-hybridized carbons (Fsp3) is 0.261. The molecular weight excluding hydrogens is 449 g/mol. The van der Waals surface area contributed by atoms with E-state index in [1.165, 1.54) is 24.4 Å². The standard InChI is InChI=1S/C23H23ClFN5O3/c1-30(2)8-10-33-23(31)16-13-26-6-5-18(16)28-20-12-19(15-11-14(24)3-4-17(15)25)29-22-21(20)32-9-7-27-22/h3-6,11-13H,7-10H2,1-2H3,(H2,26,27,28,29). The molecule has 0 saturated heterocycles. The molecule has 1 aliphatic heterocycles. The number of esters is 1. The first-order chi connectivity index (χ1) is 15.9. The average molecular weight is 472 g/mol. The summed E-state index contributed by atoms with van der Waals surface area (Å²) in [5.74, 6) is -0.0277. The minimum atomic E-state index is -0.504. The lowest BCUT2D eigenvalue weighted by atomic mass is 10.1. The van der Waals surface area contributed by atoms with Gasteiger partial charge in [-0.15, -0.1) is 0 Å². The van der Waals surface area contributed by atoms with E-state index in [0.29, 0.717) is 53.4 Å². The summed E-state index contributed by atoms with van der Waals surface area (Å²) < 4.78 is 25.7. The first-order valence-electron chi connectivity index (χ1n) is 10.3. The van der Waals surface area contributed by atoms with Gasteiger partial charge in [0.05, 0.1) is 23.6 Å². The number of carbonyl (C=O) groups excluding carboxylic acids is 1. The summed E-state index contributed by atoms with van der Waals surface area (Å²) in [5.41, 5.74) is 1.85. The molecule has 0 fully saturated rings. The van der Waals surface area contributed by atoms with Gasteiger partial charge in [-0.3, -0.25) is 4.98 Å². The van der Waals surface area contributed by atoms with Crippen molar-refractivity contribution in [3.05, 3.63) is 59.1 Å². The number of carbonyl (C=O) groups is 1. The predicted molar refractivity (Wildman–Crippen MR) is 125 cm³/mol. The van der Waals surface area contributed by atoms with Gasteiger partial charge in [0.2, 0.25) is 0 Å². The second kappa shape index (κ2) is 10.0. The molecule has 0 bridgehead atoms. The zero-order valence-electron chi connectivity index (χ0n) is 18.2. The maximum atomic E-state index is 14.5. The summed E-state index contributed by atoms with van der Waals surface area (Å²) in [5, 5.41) is 6.77. The van der Waals surface area contributed by atoms with Crippen molar-refractivity contribution in [1.29, 1.82) is 0 Å². The van der Waals surface area contributed by atoms with Crippen LogP contribution in [0.4, 0.5) is 21.6 Å². The number of hydrogen-bond donors (Lipinski definition) is 2. The smallest absolute Gasteiger partial charge is 0.341 e. The maximum absolute atomic E-state index is 14.5. The number of hydrogen-bond acceptors (Lipinski definition) is 8. The van der Waals surface area contributed by atoms with Gasteiger partial charge in [0.1, 0.15) is 24.6 Å². The largest absolute Gasteiger partial charge is 0.486 e. The molecule has 0 radical (unpaired) electrons. The third kappa shape index (κ3) is 5.32. The minimum Gasteiger partial charge on any atom is -0.486 e. The highest BCUT2D eigenvalue weighted by Crippen LogP contribution is 2.40. The molecule has 0 amide bonds. The van der Waals surface area contributed by atoms with Gasteiger partial charge in [0, 0.05) is 29.5 Å². The number of likely N-dealkylation sites (N-methyl/N-ethyl adjacent to an activating group) is 1. The van der Waals surface area contributed by atoms with Crippen LogP contribution in [-0.2, 0) is 4.74 Å². The Hall–Kier alpha value is -3.43. The van der Waals surface area contributed by atoms with Crippen LogP contribution in [0.25, 0.3) is 11.3 Å². The molecule has 4 rings (SSSR count). The lowest BCUT2D eigenvalue weighted by molar-refractivity contribution is 0.0482. The Morgan fingerprint density at radius 1 is 1.30 bits per heavy atom. The average Bonchev–Trinajstić information content (AvgIpc) is 2.80. The second-order valence-electron chi connectivity index (χ2n) is 7.62. The van der Waals surface area contributed by atoms with Crippen LogP contribution in [0.3, 0.4) is 0 Å². The van der Waals surface area contributed by atoms with Crippen LogP contribution in [0.15, 0.2) is 42.7 Å². The molecule has 2 N–H and O–H groups in total. The van der Waals surface area contributed by atoms with Crippen molar-refractivity contribution in [2.45, 2.75) is 0 Å². The number of aromatic nitrogens is 2. The van der Waals surface area contributed by atoms with E-state index in [0.717, 1.165) is 0 Å². The molecule has 2 aromatic heterocycles. The van der Waals surface area contributed by atoms with Gasteiger partial charge in [-0.1, -0.05) is 11.6 Å². The van der Waals surface area contributed by atoms with E-state index in [1.54, 1.807) is 18.3 Å². The number of rotatable bonds is 7. The van der Waals surface area contributed by atoms with Crippen molar-refractivity contribution in [3.8, 4) is 17.0 Å². The Kier molecular flexibility index (Phi) is 6.90. The first-order valence-corrected chi connectivity index (χ1v) is 10.7. The van der Waals surface area contributed by atoms with Crippen LogP contribution in [-0.4, -0.2) is 61.2 Å². The fourth-order valence-electron chi connectivity index (χ4n) is 3.26. The minimum absolute atomic E-state index is 0.246. The van der Waals surface area contributed by atoms with Gasteiger partial charge in [0.25, 0.3) is 0 Å². The Bertz CT molecular complexity index is 1170. The molecule has 0 spiro atoms. The Labute approximate surface area is 195 Å². The van der Waals surface area contributed by atoms with Crippen molar-refractivity contribution >= 4 is 34.8 Å². The Morgan fingerprint density at radius 3 is 2.97 bits per heavy atom. The predicted octanol–water partition coefficient (Wildman–Crippen LogP) is 4.20. The normalized spacial score (nSPS) is 12.5. The van der Waals surface area contributed by atoms with Crippen molar-refractivity contribution < 1.29 is 18.7 Å². The van der Waals surface area contributed by atoms with Crippen LogP contribution in [0.1, 0.15) is 10.4 Å². The monoisotopic (exact) mass is 471 g/mol. The van der Waals surface area contributed by atoms with E-state index in [2.05, 4.69) is 20.6 Å². The zero-order valence-corrected chi connectivity index (χ0v) is 18.9. The lowest BCUT2D eigenvalue weighted by Crippen LogP contribution is -2.21.